The lowest BCUT2D eigenvalue weighted by Gasteiger charge is -2.22. The fourth-order valence-corrected chi connectivity index (χ4v) is 2.87. The first kappa shape index (κ1) is 15.9. The topological polar surface area (TPSA) is 21.3 Å². The summed E-state index contributed by atoms with van der Waals surface area (Å²) in [5.41, 5.74) is 4.55. The van der Waals surface area contributed by atoms with E-state index in [0.29, 0.717) is 6.61 Å². The highest BCUT2D eigenvalue weighted by molar-refractivity contribution is 6.31. The summed E-state index contributed by atoms with van der Waals surface area (Å²) in [5.74, 6) is 0.902. The van der Waals surface area contributed by atoms with Gasteiger partial charge in [0.2, 0.25) is 0 Å². The lowest BCUT2D eigenvalue weighted by atomic mass is 9.95. The molecule has 2 aromatic rings. The maximum Gasteiger partial charge on any atom is 0.124 e. The third-order valence-electron chi connectivity index (χ3n) is 3.53. The normalized spacial score (nSPS) is 12.2. The zero-order valence-corrected chi connectivity index (χ0v) is 13.8. The van der Waals surface area contributed by atoms with Gasteiger partial charge >= 0.3 is 0 Å². The van der Waals surface area contributed by atoms with E-state index in [9.17, 15) is 0 Å². The zero-order chi connectivity index (χ0) is 15.4. The van der Waals surface area contributed by atoms with E-state index < -0.39 is 0 Å². The molecular formula is C18H22ClNO. The minimum Gasteiger partial charge on any atom is -0.494 e. The van der Waals surface area contributed by atoms with Crippen LogP contribution in [0.1, 0.15) is 35.2 Å². The van der Waals surface area contributed by atoms with Crippen LogP contribution in [-0.2, 0) is 0 Å². The van der Waals surface area contributed by atoms with Crippen molar-refractivity contribution < 1.29 is 4.74 Å². The van der Waals surface area contributed by atoms with E-state index in [2.05, 4.69) is 36.5 Å². The van der Waals surface area contributed by atoms with Gasteiger partial charge in [-0.05, 0) is 51.1 Å². The van der Waals surface area contributed by atoms with Gasteiger partial charge in [-0.1, -0.05) is 41.4 Å². The Morgan fingerprint density at radius 1 is 1.05 bits per heavy atom. The fraction of sp³-hybridized carbons (Fsp3) is 0.333. The predicted octanol–water partition coefficient (Wildman–Crippen LogP) is 4.66. The Bertz CT molecular complexity index is 625. The van der Waals surface area contributed by atoms with Crippen molar-refractivity contribution in [1.29, 1.82) is 0 Å². The summed E-state index contributed by atoms with van der Waals surface area (Å²) in [7, 11) is 1.94. The van der Waals surface area contributed by atoms with Crippen molar-refractivity contribution >= 4 is 11.6 Å². The lowest BCUT2D eigenvalue weighted by Crippen LogP contribution is -2.19. The zero-order valence-electron chi connectivity index (χ0n) is 13.0. The summed E-state index contributed by atoms with van der Waals surface area (Å²) >= 11 is 6.44. The van der Waals surface area contributed by atoms with Crippen LogP contribution in [-0.4, -0.2) is 13.7 Å². The highest BCUT2D eigenvalue weighted by atomic mass is 35.5. The summed E-state index contributed by atoms with van der Waals surface area (Å²) in [4.78, 5) is 0. The van der Waals surface area contributed by atoms with E-state index in [1.54, 1.807) is 0 Å². The van der Waals surface area contributed by atoms with E-state index in [1.807, 2.05) is 33.0 Å². The summed E-state index contributed by atoms with van der Waals surface area (Å²) < 4.78 is 5.78. The van der Waals surface area contributed by atoms with Crippen molar-refractivity contribution in [3.8, 4) is 5.75 Å². The first-order valence-corrected chi connectivity index (χ1v) is 7.61. The number of hydrogen-bond donors (Lipinski definition) is 1. The summed E-state index contributed by atoms with van der Waals surface area (Å²) in [6.45, 7) is 6.77. The second-order valence-corrected chi connectivity index (χ2v) is 5.63. The van der Waals surface area contributed by atoms with Gasteiger partial charge in [0.1, 0.15) is 5.75 Å². The van der Waals surface area contributed by atoms with Gasteiger partial charge in [0.15, 0.2) is 0 Å². The van der Waals surface area contributed by atoms with Crippen LogP contribution < -0.4 is 10.1 Å². The van der Waals surface area contributed by atoms with E-state index in [1.165, 1.54) is 5.56 Å². The minimum atomic E-state index is 0.0135. The smallest absolute Gasteiger partial charge is 0.124 e. The van der Waals surface area contributed by atoms with Crippen molar-refractivity contribution in [1.82, 2.24) is 5.32 Å². The molecule has 0 fully saturated rings. The number of rotatable bonds is 5. The Labute approximate surface area is 132 Å². The third-order valence-corrected chi connectivity index (χ3v) is 3.86. The number of halogens is 1. The monoisotopic (exact) mass is 303 g/mol. The van der Waals surface area contributed by atoms with Gasteiger partial charge in [-0.3, -0.25) is 0 Å². The molecule has 1 unspecified atom stereocenters. The predicted molar refractivity (Wildman–Crippen MR) is 89.4 cm³/mol. The van der Waals surface area contributed by atoms with E-state index in [-0.39, 0.29) is 6.04 Å². The number of nitrogens with one attached hydrogen (secondary N) is 1. The van der Waals surface area contributed by atoms with Gasteiger partial charge in [0, 0.05) is 10.6 Å². The average molecular weight is 304 g/mol. The van der Waals surface area contributed by atoms with Gasteiger partial charge in [-0.15, -0.1) is 0 Å². The molecule has 0 aromatic heterocycles. The molecule has 2 aromatic carbocycles. The van der Waals surface area contributed by atoms with Crippen LogP contribution >= 0.6 is 11.6 Å². The quantitative estimate of drug-likeness (QED) is 0.867. The van der Waals surface area contributed by atoms with Crippen LogP contribution in [0.25, 0.3) is 0 Å². The van der Waals surface area contributed by atoms with E-state index in [0.717, 1.165) is 27.5 Å². The molecule has 21 heavy (non-hydrogen) atoms. The molecular weight excluding hydrogens is 282 g/mol. The highest BCUT2D eigenvalue weighted by Crippen LogP contribution is 2.34. The Morgan fingerprint density at radius 2 is 1.71 bits per heavy atom. The van der Waals surface area contributed by atoms with Crippen molar-refractivity contribution in [3.05, 3.63) is 63.7 Å². The molecule has 112 valence electrons. The molecule has 0 aliphatic heterocycles. The molecule has 0 aliphatic rings. The molecule has 0 aliphatic carbocycles. The Kier molecular flexibility index (Phi) is 5.27. The van der Waals surface area contributed by atoms with Gasteiger partial charge in [0.25, 0.3) is 0 Å². The minimum absolute atomic E-state index is 0.0135. The molecule has 1 atom stereocenters. The molecule has 0 bridgehead atoms. The Morgan fingerprint density at radius 3 is 2.33 bits per heavy atom. The van der Waals surface area contributed by atoms with Crippen molar-refractivity contribution in [2.24, 2.45) is 0 Å². The maximum absolute atomic E-state index is 6.44. The van der Waals surface area contributed by atoms with Gasteiger partial charge in [-0.25, -0.2) is 0 Å². The van der Waals surface area contributed by atoms with Crippen molar-refractivity contribution in [2.75, 3.05) is 13.7 Å². The van der Waals surface area contributed by atoms with Crippen LogP contribution in [0.4, 0.5) is 0 Å². The largest absolute Gasteiger partial charge is 0.494 e. The molecule has 0 saturated heterocycles. The van der Waals surface area contributed by atoms with Gasteiger partial charge in [0.05, 0.1) is 12.6 Å². The molecule has 0 radical (unpaired) electrons. The third kappa shape index (κ3) is 3.58. The second-order valence-electron chi connectivity index (χ2n) is 5.22. The molecule has 2 rings (SSSR count). The first-order chi connectivity index (χ1) is 10.1. The Balaban J connectivity index is 2.52. The average Bonchev–Trinajstić information content (AvgIpc) is 2.45. The fourth-order valence-electron chi connectivity index (χ4n) is 2.53. The maximum atomic E-state index is 6.44. The molecule has 2 nitrogen and oxygen atoms in total. The van der Waals surface area contributed by atoms with E-state index in [4.69, 9.17) is 16.3 Å². The second kappa shape index (κ2) is 6.97. The standard InChI is InChI=1S/C18H22ClNO/c1-5-21-17-9-7-12(2)10-15(17)18(20-4)14-8-6-13(3)11-16(14)19/h6-11,18,20H,5H2,1-4H3. The summed E-state index contributed by atoms with van der Waals surface area (Å²) in [6, 6.07) is 12.4. The molecule has 0 heterocycles. The van der Waals surface area contributed by atoms with Crippen LogP contribution in [0.3, 0.4) is 0 Å². The molecule has 0 spiro atoms. The molecule has 3 heteroatoms. The van der Waals surface area contributed by atoms with Gasteiger partial charge in [-0.2, -0.15) is 0 Å². The van der Waals surface area contributed by atoms with Crippen LogP contribution in [0, 0.1) is 13.8 Å². The lowest BCUT2D eigenvalue weighted by molar-refractivity contribution is 0.334. The van der Waals surface area contributed by atoms with Crippen molar-refractivity contribution in [3.63, 3.8) is 0 Å². The van der Waals surface area contributed by atoms with E-state index >= 15 is 0 Å². The highest BCUT2D eigenvalue weighted by Gasteiger charge is 2.19. The number of hydrogen-bond acceptors (Lipinski definition) is 2. The molecule has 1 N–H and O–H groups in total. The first-order valence-electron chi connectivity index (χ1n) is 7.23. The number of benzene rings is 2. The van der Waals surface area contributed by atoms with Crippen LogP contribution in [0.2, 0.25) is 5.02 Å². The SMILES string of the molecule is CCOc1ccc(C)cc1C(NC)c1ccc(C)cc1Cl. The number of ether oxygens (including phenoxy) is 1. The molecule has 0 saturated carbocycles. The summed E-state index contributed by atoms with van der Waals surface area (Å²) in [5, 5.41) is 4.13. The van der Waals surface area contributed by atoms with Crippen LogP contribution in [0.15, 0.2) is 36.4 Å². The van der Waals surface area contributed by atoms with Crippen molar-refractivity contribution in [2.45, 2.75) is 26.8 Å². The number of aryl methyl sites for hydroxylation is 2. The van der Waals surface area contributed by atoms with Gasteiger partial charge < -0.3 is 10.1 Å². The van der Waals surface area contributed by atoms with Crippen LogP contribution in [0.5, 0.6) is 5.75 Å². The Hall–Kier alpha value is -1.51. The summed E-state index contributed by atoms with van der Waals surface area (Å²) in [6.07, 6.45) is 0. The molecule has 0 amide bonds.